The number of nitrogens with zero attached hydrogens (tertiary/aromatic N) is 2. The second-order valence-electron chi connectivity index (χ2n) is 16.0. The predicted octanol–water partition coefficient (Wildman–Crippen LogP) is 5.99. The zero-order chi connectivity index (χ0) is 36.1. The Morgan fingerprint density at radius 3 is 2.47 bits per heavy atom. The van der Waals surface area contributed by atoms with Crippen molar-refractivity contribution in [1.29, 1.82) is 0 Å². The van der Waals surface area contributed by atoms with Gasteiger partial charge in [0.2, 0.25) is 5.60 Å². The number of cyclic esters (lactones) is 1. The molecule has 2 aromatic heterocycles. The first kappa shape index (κ1) is 36.1. The van der Waals surface area contributed by atoms with Gasteiger partial charge in [0.15, 0.2) is 0 Å². The molecule has 264 valence electrons. The quantitative estimate of drug-likeness (QED) is 0.0935. The van der Waals surface area contributed by atoms with Gasteiger partial charge >= 0.3 is 18.0 Å². The molecule has 0 radical (unpaired) electrons. The highest BCUT2D eigenvalue weighted by Gasteiger charge is 2.50. The van der Waals surface area contributed by atoms with Crippen molar-refractivity contribution in [2.45, 2.75) is 118 Å². The Hall–Kier alpha value is -4.19. The molecule has 0 saturated heterocycles. The maximum absolute atomic E-state index is 14.2. The Morgan fingerprint density at radius 1 is 1.10 bits per heavy atom. The minimum absolute atomic E-state index is 0.0545. The lowest BCUT2D eigenvalue weighted by Crippen LogP contribution is -2.47. The van der Waals surface area contributed by atoms with E-state index in [0.29, 0.717) is 29.0 Å². The van der Waals surface area contributed by atoms with E-state index in [1.165, 1.54) is 0 Å². The molecule has 12 heteroatoms. The number of esters is 2. The van der Waals surface area contributed by atoms with Crippen LogP contribution in [0.4, 0.5) is 4.79 Å². The van der Waals surface area contributed by atoms with Crippen molar-refractivity contribution in [3.63, 3.8) is 0 Å². The zero-order valence-corrected chi connectivity index (χ0v) is 31.2. The number of nitrogens with one attached hydrogen (secondary N) is 1. The minimum Gasteiger partial charge on any atom is -0.508 e. The number of phenolic OH excluding ortho intramolecular Hbond substituents is 1. The number of carbonyl (C=O) groups is 3. The monoisotopic (exact) mass is 691 g/mol. The SMILES string of the molecule is CC[C@@]1(OC(=O)CCCNC(=O)OC(C)(C)C)C(=O)OCc2c1cc1n(c2=O)Cc2c-1nc1ccc(O)cc1c2[Si](C)(C)CCC(C)(C)C. The van der Waals surface area contributed by atoms with E-state index in [2.05, 4.69) is 39.2 Å². The summed E-state index contributed by atoms with van der Waals surface area (Å²) in [5.41, 5.74) is 0.823. The van der Waals surface area contributed by atoms with Gasteiger partial charge in [-0.15, -0.1) is 0 Å². The topological polar surface area (TPSA) is 146 Å². The highest BCUT2D eigenvalue weighted by Crippen LogP contribution is 2.42. The summed E-state index contributed by atoms with van der Waals surface area (Å²) >= 11 is 0. The number of benzene rings is 1. The molecule has 0 unspecified atom stereocenters. The summed E-state index contributed by atoms with van der Waals surface area (Å²) in [5.74, 6) is -1.23. The van der Waals surface area contributed by atoms with Crippen LogP contribution in [0.5, 0.6) is 5.75 Å². The first-order chi connectivity index (χ1) is 22.8. The molecule has 5 rings (SSSR count). The van der Waals surface area contributed by atoms with Crippen LogP contribution in [0.2, 0.25) is 19.1 Å². The van der Waals surface area contributed by atoms with Gasteiger partial charge in [-0.3, -0.25) is 9.59 Å². The van der Waals surface area contributed by atoms with Crippen LogP contribution in [-0.4, -0.2) is 52.9 Å². The van der Waals surface area contributed by atoms with E-state index >= 15 is 0 Å². The van der Waals surface area contributed by atoms with E-state index in [1.54, 1.807) is 56.5 Å². The molecule has 0 spiro atoms. The van der Waals surface area contributed by atoms with E-state index in [9.17, 15) is 24.3 Å². The van der Waals surface area contributed by atoms with Crippen molar-refractivity contribution in [3.8, 4) is 17.1 Å². The van der Waals surface area contributed by atoms with Gasteiger partial charge in [-0.25, -0.2) is 14.6 Å². The number of fused-ring (bicyclic) bond motifs is 5. The molecule has 1 atom stereocenters. The largest absolute Gasteiger partial charge is 0.508 e. The molecule has 2 N–H and O–H groups in total. The van der Waals surface area contributed by atoms with Crippen LogP contribution in [0.3, 0.4) is 0 Å². The Labute approximate surface area is 288 Å². The van der Waals surface area contributed by atoms with Gasteiger partial charge in [-0.05, 0) is 74.0 Å². The lowest BCUT2D eigenvalue weighted by Gasteiger charge is -2.35. The molecular weight excluding hydrogens is 643 g/mol. The fourth-order valence-corrected chi connectivity index (χ4v) is 10.4. The van der Waals surface area contributed by atoms with Crippen LogP contribution < -0.4 is 16.1 Å². The van der Waals surface area contributed by atoms with Crippen molar-refractivity contribution in [3.05, 3.63) is 51.3 Å². The number of ether oxygens (including phenoxy) is 3. The molecule has 0 aliphatic carbocycles. The number of phenols is 1. The summed E-state index contributed by atoms with van der Waals surface area (Å²) < 4.78 is 18.4. The average molecular weight is 692 g/mol. The summed E-state index contributed by atoms with van der Waals surface area (Å²) in [5, 5.41) is 15.2. The van der Waals surface area contributed by atoms with Gasteiger partial charge in [0, 0.05) is 23.9 Å². The second-order valence-corrected chi connectivity index (χ2v) is 20.8. The number of carbonyl (C=O) groups excluding carboxylic acids is 3. The second kappa shape index (κ2) is 12.9. The van der Waals surface area contributed by atoms with Crippen LogP contribution in [0.15, 0.2) is 29.1 Å². The molecule has 2 aliphatic rings. The molecule has 11 nitrogen and oxygen atoms in total. The van der Waals surface area contributed by atoms with E-state index in [1.807, 2.05) is 0 Å². The van der Waals surface area contributed by atoms with Crippen LogP contribution in [0.1, 0.15) is 90.8 Å². The van der Waals surface area contributed by atoms with Crippen molar-refractivity contribution >= 4 is 42.2 Å². The number of hydrogen-bond acceptors (Lipinski definition) is 9. The highest BCUT2D eigenvalue weighted by atomic mass is 28.3. The Kier molecular flexibility index (Phi) is 9.52. The van der Waals surface area contributed by atoms with Crippen molar-refractivity contribution in [2.75, 3.05) is 6.54 Å². The average Bonchev–Trinajstić information content (AvgIpc) is 3.35. The summed E-state index contributed by atoms with van der Waals surface area (Å²) in [7, 11) is -2.17. The molecule has 1 aromatic carbocycles. The van der Waals surface area contributed by atoms with E-state index in [-0.39, 0.29) is 54.7 Å². The summed E-state index contributed by atoms with van der Waals surface area (Å²) in [6, 6.07) is 7.97. The molecular formula is C37H49N3O8Si. The number of alkyl carbamates (subject to hydrolysis) is 1. The van der Waals surface area contributed by atoms with Gasteiger partial charge in [0.05, 0.1) is 37.1 Å². The third-order valence-corrected chi connectivity index (χ3v) is 12.8. The van der Waals surface area contributed by atoms with Gasteiger partial charge in [-0.2, -0.15) is 0 Å². The summed E-state index contributed by atoms with van der Waals surface area (Å²) in [6.45, 7) is 18.6. The Balaban J connectivity index is 1.54. The van der Waals surface area contributed by atoms with Crippen LogP contribution in [0, 0.1) is 5.41 Å². The molecule has 49 heavy (non-hydrogen) atoms. The number of hydrogen-bond donors (Lipinski definition) is 2. The molecule has 4 heterocycles. The number of aromatic nitrogens is 2. The minimum atomic E-state index is -2.17. The first-order valence-electron chi connectivity index (χ1n) is 17.1. The normalized spacial score (nSPS) is 17.2. The third kappa shape index (κ3) is 7.24. The fourth-order valence-electron chi connectivity index (χ4n) is 6.79. The van der Waals surface area contributed by atoms with Gasteiger partial charge in [-0.1, -0.05) is 53.3 Å². The number of pyridine rings is 2. The molecule has 3 aromatic rings. The van der Waals surface area contributed by atoms with Gasteiger partial charge in [0.25, 0.3) is 5.56 Å². The van der Waals surface area contributed by atoms with Crippen LogP contribution in [-0.2, 0) is 42.6 Å². The molecule has 0 saturated carbocycles. The first-order valence-corrected chi connectivity index (χ1v) is 20.3. The molecule has 0 bridgehead atoms. The maximum Gasteiger partial charge on any atom is 0.407 e. The smallest absolute Gasteiger partial charge is 0.407 e. The Bertz CT molecular complexity index is 1890. The standard InChI is InChI=1S/C37H49N3O8Si/c1-10-37(47-29(42)12-11-16-38-34(45)48-36(5,6)7)26-19-28-30-24(20-40(28)32(43)25(26)21-46-33(37)44)31(49(8,9)17-15-35(2,3)4)23-18-22(41)13-14-27(23)39-30/h13-14,18-19,41H,10-12,15-17,20-21H2,1-9H3,(H,38,45)/t37-/m0/s1. The maximum atomic E-state index is 14.2. The zero-order valence-electron chi connectivity index (χ0n) is 30.2. The van der Waals surface area contributed by atoms with Gasteiger partial charge in [0.1, 0.15) is 18.0 Å². The summed E-state index contributed by atoms with van der Waals surface area (Å²) in [4.78, 5) is 57.9. The Morgan fingerprint density at radius 2 is 1.82 bits per heavy atom. The third-order valence-electron chi connectivity index (χ3n) is 9.33. The van der Waals surface area contributed by atoms with Crippen molar-refractivity contribution < 1.29 is 33.7 Å². The number of rotatable bonds is 9. The van der Waals surface area contributed by atoms with Gasteiger partial charge < -0.3 is 29.2 Å². The predicted molar refractivity (Wildman–Crippen MR) is 190 cm³/mol. The van der Waals surface area contributed by atoms with E-state index in [0.717, 1.165) is 28.6 Å². The summed E-state index contributed by atoms with van der Waals surface area (Å²) in [6.07, 6.45) is 0.659. The van der Waals surface area contributed by atoms with Crippen molar-refractivity contribution in [1.82, 2.24) is 14.9 Å². The fraction of sp³-hybridized carbons (Fsp3) is 0.541. The van der Waals surface area contributed by atoms with E-state index < -0.39 is 37.3 Å². The van der Waals surface area contributed by atoms with Crippen LogP contribution in [0.25, 0.3) is 22.3 Å². The number of amides is 1. The number of aromatic hydroxyl groups is 1. The van der Waals surface area contributed by atoms with Crippen LogP contribution >= 0.6 is 0 Å². The molecule has 1 amide bonds. The lowest BCUT2D eigenvalue weighted by atomic mass is 9.85. The highest BCUT2D eigenvalue weighted by molar-refractivity contribution is 6.91. The van der Waals surface area contributed by atoms with Crippen molar-refractivity contribution in [2.24, 2.45) is 5.41 Å². The van der Waals surface area contributed by atoms with E-state index in [4.69, 9.17) is 19.2 Å². The lowest BCUT2D eigenvalue weighted by molar-refractivity contribution is -0.189. The molecule has 0 fully saturated rings. The molecule has 2 aliphatic heterocycles.